The maximum Gasteiger partial charge on any atom is 0.408 e. The molecule has 2 aromatic rings. The minimum Gasteiger partial charge on any atom is -0.458 e. The lowest BCUT2D eigenvalue weighted by Crippen LogP contribution is -2.58. The van der Waals surface area contributed by atoms with Gasteiger partial charge in [-0.05, 0) is 85.4 Å². The summed E-state index contributed by atoms with van der Waals surface area (Å²) in [6.07, 6.45) is -0.248. The monoisotopic (exact) mass is 625 g/mol. The zero-order chi connectivity index (χ0) is 34.1. The molecule has 10 nitrogen and oxygen atoms in total. The van der Waals surface area contributed by atoms with E-state index in [2.05, 4.69) is 10.6 Å². The summed E-state index contributed by atoms with van der Waals surface area (Å²) in [6, 6.07) is 10.7. The molecule has 0 saturated heterocycles. The maximum absolute atomic E-state index is 14.5. The Hall–Kier alpha value is -3.92. The van der Waals surface area contributed by atoms with E-state index in [9.17, 15) is 24.3 Å². The Labute approximate surface area is 267 Å². The quantitative estimate of drug-likeness (QED) is 0.285. The molecule has 248 valence electrons. The number of carbonyl (C=O) groups is 4. The van der Waals surface area contributed by atoms with Crippen LogP contribution >= 0.6 is 0 Å². The number of aryl methyl sites for hydroxylation is 2. The van der Waals surface area contributed by atoms with Gasteiger partial charge in [0.25, 0.3) is 0 Å². The summed E-state index contributed by atoms with van der Waals surface area (Å²) >= 11 is 0. The average Bonchev–Trinajstić information content (AvgIpc) is 2.93. The SMILES string of the molecule is CCC(C)N(C(=O)C(CO)NC(=O)OC(C)(C)C)C(C(=O)NC(Cc1ccccc1)C(=O)OC(C)(C)C)c1cc(C)ccc1C. The van der Waals surface area contributed by atoms with E-state index < -0.39 is 65.9 Å². The highest BCUT2D eigenvalue weighted by Gasteiger charge is 2.40. The Morgan fingerprint density at radius 1 is 0.867 bits per heavy atom. The summed E-state index contributed by atoms with van der Waals surface area (Å²) < 4.78 is 11.0. The van der Waals surface area contributed by atoms with Crippen molar-refractivity contribution in [2.75, 3.05) is 6.61 Å². The molecular formula is C35H51N3O7. The highest BCUT2D eigenvalue weighted by molar-refractivity contribution is 5.94. The van der Waals surface area contributed by atoms with Gasteiger partial charge in [-0.3, -0.25) is 9.59 Å². The maximum atomic E-state index is 14.5. The molecule has 45 heavy (non-hydrogen) atoms. The van der Waals surface area contributed by atoms with Crippen LogP contribution < -0.4 is 10.6 Å². The third kappa shape index (κ3) is 11.5. The molecule has 0 fully saturated rings. The summed E-state index contributed by atoms with van der Waals surface area (Å²) in [5.74, 6) is -1.88. The van der Waals surface area contributed by atoms with E-state index in [0.717, 1.165) is 16.7 Å². The minimum absolute atomic E-state index is 0.164. The number of alkyl carbamates (subject to hydrolysis) is 1. The highest BCUT2D eigenvalue weighted by Crippen LogP contribution is 2.30. The van der Waals surface area contributed by atoms with Gasteiger partial charge in [0.05, 0.1) is 6.61 Å². The first-order chi connectivity index (χ1) is 20.9. The number of rotatable bonds is 12. The molecule has 3 amide bonds. The molecule has 3 N–H and O–H groups in total. The van der Waals surface area contributed by atoms with E-state index in [-0.39, 0.29) is 6.42 Å². The van der Waals surface area contributed by atoms with E-state index in [4.69, 9.17) is 9.47 Å². The fourth-order valence-electron chi connectivity index (χ4n) is 4.75. The van der Waals surface area contributed by atoms with Crippen molar-refractivity contribution in [3.8, 4) is 0 Å². The van der Waals surface area contributed by atoms with Crippen LogP contribution in [-0.4, -0.2) is 69.8 Å². The molecule has 0 radical (unpaired) electrons. The van der Waals surface area contributed by atoms with Gasteiger partial charge < -0.3 is 30.1 Å². The zero-order valence-corrected chi connectivity index (χ0v) is 28.4. The van der Waals surface area contributed by atoms with Gasteiger partial charge >= 0.3 is 12.1 Å². The molecule has 0 bridgehead atoms. The number of hydrogen-bond donors (Lipinski definition) is 3. The first-order valence-corrected chi connectivity index (χ1v) is 15.4. The topological polar surface area (TPSA) is 134 Å². The standard InChI is InChI=1S/C35H51N3O7/c1-11-24(4)38(31(41)28(21-39)37-33(43)45-35(8,9)10)29(26-19-22(2)17-18-23(26)3)30(40)36-27(32(42)44-34(5,6)7)20-25-15-13-12-14-16-25/h12-19,24,27-29,39H,11,20-21H2,1-10H3,(H,36,40)(H,37,43). The lowest BCUT2D eigenvalue weighted by Gasteiger charge is -2.39. The van der Waals surface area contributed by atoms with Gasteiger partial charge in [-0.25, -0.2) is 9.59 Å². The lowest BCUT2D eigenvalue weighted by molar-refractivity contribution is -0.159. The predicted molar refractivity (Wildman–Crippen MR) is 173 cm³/mol. The summed E-state index contributed by atoms with van der Waals surface area (Å²) in [4.78, 5) is 56.2. The van der Waals surface area contributed by atoms with Gasteiger partial charge in [-0.15, -0.1) is 0 Å². The van der Waals surface area contributed by atoms with Crippen LogP contribution in [0.25, 0.3) is 0 Å². The first kappa shape index (κ1) is 37.3. The van der Waals surface area contributed by atoms with E-state index in [0.29, 0.717) is 12.0 Å². The Morgan fingerprint density at radius 3 is 2.00 bits per heavy atom. The molecule has 0 aliphatic carbocycles. The molecular weight excluding hydrogens is 574 g/mol. The molecule has 4 unspecified atom stereocenters. The molecule has 0 aliphatic heterocycles. The summed E-state index contributed by atoms with van der Waals surface area (Å²) in [6.45, 7) is 17.0. The van der Waals surface area contributed by atoms with E-state index in [1.54, 1.807) is 48.5 Å². The predicted octanol–water partition coefficient (Wildman–Crippen LogP) is 4.93. The van der Waals surface area contributed by atoms with Crippen LogP contribution in [0, 0.1) is 13.8 Å². The van der Waals surface area contributed by atoms with E-state index in [1.165, 1.54) is 4.90 Å². The molecule has 0 saturated carbocycles. The van der Waals surface area contributed by atoms with Crippen LogP contribution in [0.2, 0.25) is 0 Å². The number of carbonyl (C=O) groups excluding carboxylic acids is 4. The highest BCUT2D eigenvalue weighted by atomic mass is 16.6. The minimum atomic E-state index is -1.39. The summed E-state index contributed by atoms with van der Waals surface area (Å²) in [5, 5.41) is 15.6. The number of nitrogens with zero attached hydrogens (tertiary/aromatic N) is 1. The number of amides is 3. The first-order valence-electron chi connectivity index (χ1n) is 15.4. The van der Waals surface area contributed by atoms with Crippen LogP contribution in [0.5, 0.6) is 0 Å². The molecule has 2 rings (SSSR count). The summed E-state index contributed by atoms with van der Waals surface area (Å²) in [7, 11) is 0. The Morgan fingerprint density at radius 2 is 1.47 bits per heavy atom. The number of aliphatic hydroxyl groups is 1. The second kappa shape index (κ2) is 15.9. The number of hydrogen-bond acceptors (Lipinski definition) is 7. The molecule has 0 heterocycles. The van der Waals surface area contributed by atoms with Crippen molar-refractivity contribution in [2.24, 2.45) is 0 Å². The third-order valence-electron chi connectivity index (χ3n) is 7.04. The van der Waals surface area contributed by atoms with Crippen molar-refractivity contribution in [1.29, 1.82) is 0 Å². The second-order valence-corrected chi connectivity index (χ2v) is 13.4. The number of ether oxygens (including phenoxy) is 2. The van der Waals surface area contributed by atoms with Gasteiger partial charge in [0, 0.05) is 12.5 Å². The van der Waals surface area contributed by atoms with Gasteiger partial charge in [0.15, 0.2) is 0 Å². The molecule has 2 aromatic carbocycles. The third-order valence-corrected chi connectivity index (χ3v) is 7.04. The molecule has 0 aliphatic rings. The summed E-state index contributed by atoms with van der Waals surface area (Å²) in [5.41, 5.74) is 1.35. The lowest BCUT2D eigenvalue weighted by atomic mass is 9.94. The smallest absolute Gasteiger partial charge is 0.408 e. The van der Waals surface area contributed by atoms with Crippen LogP contribution in [0.1, 0.15) is 90.1 Å². The largest absolute Gasteiger partial charge is 0.458 e. The van der Waals surface area contributed by atoms with Gasteiger partial charge in [-0.1, -0.05) is 61.0 Å². The Balaban J connectivity index is 2.64. The van der Waals surface area contributed by atoms with Gasteiger partial charge in [0.2, 0.25) is 11.8 Å². The molecule has 0 aromatic heterocycles. The number of aliphatic hydroxyl groups excluding tert-OH is 1. The van der Waals surface area contributed by atoms with Crippen molar-refractivity contribution in [3.63, 3.8) is 0 Å². The van der Waals surface area contributed by atoms with Gasteiger partial charge in [0.1, 0.15) is 29.3 Å². The normalized spacial score (nSPS) is 14.4. The van der Waals surface area contributed by atoms with Crippen LogP contribution in [0.4, 0.5) is 4.79 Å². The van der Waals surface area contributed by atoms with Crippen molar-refractivity contribution in [1.82, 2.24) is 15.5 Å². The molecule has 10 heteroatoms. The fraction of sp³-hybridized carbons (Fsp3) is 0.543. The van der Waals surface area contributed by atoms with Crippen molar-refractivity contribution in [3.05, 3.63) is 70.8 Å². The number of nitrogens with one attached hydrogen (secondary N) is 2. The van der Waals surface area contributed by atoms with Gasteiger partial charge in [-0.2, -0.15) is 0 Å². The Bertz CT molecular complexity index is 1310. The van der Waals surface area contributed by atoms with Crippen molar-refractivity contribution in [2.45, 2.75) is 117 Å². The van der Waals surface area contributed by atoms with E-state index in [1.807, 2.05) is 69.3 Å². The number of esters is 1. The van der Waals surface area contributed by atoms with Crippen molar-refractivity contribution >= 4 is 23.9 Å². The zero-order valence-electron chi connectivity index (χ0n) is 28.4. The fourth-order valence-corrected chi connectivity index (χ4v) is 4.75. The Kier molecular flexibility index (Phi) is 13.2. The van der Waals surface area contributed by atoms with Crippen LogP contribution in [0.3, 0.4) is 0 Å². The van der Waals surface area contributed by atoms with Crippen LogP contribution in [-0.2, 0) is 30.3 Å². The van der Waals surface area contributed by atoms with E-state index >= 15 is 0 Å². The van der Waals surface area contributed by atoms with Crippen molar-refractivity contribution < 1.29 is 33.8 Å². The second-order valence-electron chi connectivity index (χ2n) is 13.4. The van der Waals surface area contributed by atoms with Crippen LogP contribution in [0.15, 0.2) is 48.5 Å². The number of benzene rings is 2. The molecule has 4 atom stereocenters. The molecule has 0 spiro atoms. The average molecular weight is 626 g/mol.